The predicted octanol–water partition coefficient (Wildman–Crippen LogP) is 2.57. The quantitative estimate of drug-likeness (QED) is 0.404. The zero-order valence-electron chi connectivity index (χ0n) is 15.9. The highest BCUT2D eigenvalue weighted by Crippen LogP contribution is 2.33. The lowest BCUT2D eigenvalue weighted by molar-refractivity contribution is -0.110. The summed E-state index contributed by atoms with van der Waals surface area (Å²) in [6.07, 6.45) is 5.37. The summed E-state index contributed by atoms with van der Waals surface area (Å²) in [7, 11) is -3.37. The van der Waals surface area contributed by atoms with Gasteiger partial charge in [0.05, 0.1) is 16.3 Å². The zero-order chi connectivity index (χ0) is 21.8. The molecule has 0 saturated heterocycles. The monoisotopic (exact) mass is 461 g/mol. The molecular formula is C19H16FN5O4S2. The molecule has 9 nitrogen and oxygen atoms in total. The van der Waals surface area contributed by atoms with E-state index in [0.717, 1.165) is 6.20 Å². The van der Waals surface area contributed by atoms with E-state index in [1.807, 2.05) is 0 Å². The van der Waals surface area contributed by atoms with Gasteiger partial charge in [0.15, 0.2) is 38.2 Å². The van der Waals surface area contributed by atoms with Crippen molar-refractivity contribution in [1.82, 2.24) is 15.0 Å². The van der Waals surface area contributed by atoms with Gasteiger partial charge in [-0.05, 0) is 31.0 Å². The number of nitrogens with zero attached hydrogens (tertiary/aromatic N) is 4. The Morgan fingerprint density at radius 2 is 1.90 bits per heavy atom. The van der Waals surface area contributed by atoms with E-state index in [2.05, 4.69) is 25.4 Å². The van der Waals surface area contributed by atoms with Gasteiger partial charge in [0.1, 0.15) is 0 Å². The number of amides is 1. The molecule has 160 valence electrons. The third kappa shape index (κ3) is 5.09. The molecular weight excluding hydrogens is 445 g/mol. The average molecular weight is 462 g/mol. The number of nitrogens with one attached hydrogen (secondary N) is 1. The fourth-order valence-electron chi connectivity index (χ4n) is 2.63. The van der Waals surface area contributed by atoms with E-state index >= 15 is 0 Å². The third-order valence-electron chi connectivity index (χ3n) is 4.30. The second-order valence-corrected chi connectivity index (χ2v) is 9.78. The van der Waals surface area contributed by atoms with Crippen LogP contribution < -0.4 is 5.32 Å². The molecule has 0 unspecified atom stereocenters. The molecule has 4 rings (SSSR count). The summed E-state index contributed by atoms with van der Waals surface area (Å²) in [6.45, 7) is -0.0857. The largest absolute Gasteiger partial charge is 0.387 e. The van der Waals surface area contributed by atoms with Crippen LogP contribution in [0.4, 0.5) is 9.52 Å². The minimum absolute atomic E-state index is 0.0505. The number of sulfone groups is 1. The smallest absolute Gasteiger partial charge is 0.280 e. The molecule has 0 spiro atoms. The first-order valence-electron chi connectivity index (χ1n) is 9.16. The minimum Gasteiger partial charge on any atom is -0.387 e. The molecule has 0 bridgehead atoms. The van der Waals surface area contributed by atoms with Crippen molar-refractivity contribution in [3.05, 3.63) is 65.4 Å². The summed E-state index contributed by atoms with van der Waals surface area (Å²) in [5.74, 6) is -0.333. The number of carbonyl (C=O) groups excluding carboxylic acids is 1. The Balaban J connectivity index is 1.57. The van der Waals surface area contributed by atoms with E-state index in [4.69, 9.17) is 4.84 Å². The molecule has 1 N–H and O–H groups in total. The lowest BCUT2D eigenvalue weighted by atomic mass is 10.1. The van der Waals surface area contributed by atoms with Gasteiger partial charge in [0, 0.05) is 18.0 Å². The van der Waals surface area contributed by atoms with Crippen molar-refractivity contribution in [1.29, 1.82) is 0 Å². The summed E-state index contributed by atoms with van der Waals surface area (Å²) in [5.41, 5.74) is 0.181. The molecule has 0 radical (unpaired) electrons. The van der Waals surface area contributed by atoms with Gasteiger partial charge >= 0.3 is 0 Å². The van der Waals surface area contributed by atoms with Crippen molar-refractivity contribution in [3.8, 4) is 0 Å². The normalized spacial score (nSPS) is 14.3. The SMILES string of the molecule is O=C(Nc1ncc(F)s1)/C(=N/OCc1ncccn1)c1ccc(S(=O)(=O)C2CC2)cc1. The Labute approximate surface area is 180 Å². The molecule has 1 saturated carbocycles. The van der Waals surface area contributed by atoms with E-state index in [1.54, 1.807) is 18.5 Å². The van der Waals surface area contributed by atoms with E-state index in [0.29, 0.717) is 35.6 Å². The third-order valence-corrected chi connectivity index (χ3v) is 7.28. The van der Waals surface area contributed by atoms with E-state index in [-0.39, 0.29) is 27.6 Å². The van der Waals surface area contributed by atoms with Crippen LogP contribution in [-0.4, -0.2) is 40.2 Å². The summed E-state index contributed by atoms with van der Waals surface area (Å²) in [6, 6.07) is 7.44. The van der Waals surface area contributed by atoms with Crippen LogP contribution in [0.25, 0.3) is 0 Å². The maximum atomic E-state index is 13.2. The van der Waals surface area contributed by atoms with Crippen LogP contribution in [0.3, 0.4) is 0 Å². The van der Waals surface area contributed by atoms with Crippen LogP contribution in [-0.2, 0) is 26.1 Å². The highest BCUT2D eigenvalue weighted by molar-refractivity contribution is 7.92. The molecule has 31 heavy (non-hydrogen) atoms. The molecule has 0 aliphatic heterocycles. The summed E-state index contributed by atoms with van der Waals surface area (Å²) in [4.78, 5) is 29.9. The number of aromatic nitrogens is 3. The Morgan fingerprint density at radius 3 is 2.52 bits per heavy atom. The number of halogens is 1. The van der Waals surface area contributed by atoms with Crippen LogP contribution in [0.15, 0.2) is 59.0 Å². The van der Waals surface area contributed by atoms with Gasteiger partial charge in [-0.2, -0.15) is 4.39 Å². The number of benzene rings is 1. The maximum Gasteiger partial charge on any atom is 0.280 e. The highest BCUT2D eigenvalue weighted by Gasteiger charge is 2.36. The Kier molecular flexibility index (Phi) is 6.00. The Hall–Kier alpha value is -3.25. The predicted molar refractivity (Wildman–Crippen MR) is 111 cm³/mol. The molecule has 2 aromatic heterocycles. The lowest BCUT2D eigenvalue weighted by Gasteiger charge is -2.08. The van der Waals surface area contributed by atoms with Gasteiger partial charge in [-0.15, -0.1) is 0 Å². The molecule has 1 amide bonds. The van der Waals surface area contributed by atoms with Crippen molar-refractivity contribution >= 4 is 37.9 Å². The number of oxime groups is 1. The van der Waals surface area contributed by atoms with Gasteiger partial charge in [-0.25, -0.2) is 23.4 Å². The first-order valence-corrected chi connectivity index (χ1v) is 11.5. The molecule has 1 aliphatic carbocycles. The Morgan fingerprint density at radius 1 is 1.19 bits per heavy atom. The number of carbonyl (C=O) groups is 1. The van der Waals surface area contributed by atoms with Crippen LogP contribution in [0.5, 0.6) is 0 Å². The van der Waals surface area contributed by atoms with E-state index in [9.17, 15) is 17.6 Å². The molecule has 12 heteroatoms. The number of hydrogen-bond donors (Lipinski definition) is 1. The maximum absolute atomic E-state index is 13.2. The molecule has 3 aromatic rings. The van der Waals surface area contributed by atoms with Crippen LogP contribution in [0, 0.1) is 5.13 Å². The molecule has 1 fully saturated rings. The van der Waals surface area contributed by atoms with Crippen molar-refractivity contribution < 1.29 is 22.4 Å². The molecule has 1 aliphatic rings. The van der Waals surface area contributed by atoms with Crippen LogP contribution >= 0.6 is 11.3 Å². The second kappa shape index (κ2) is 8.86. The van der Waals surface area contributed by atoms with Crippen LogP contribution in [0.2, 0.25) is 0 Å². The minimum atomic E-state index is -3.37. The zero-order valence-corrected chi connectivity index (χ0v) is 17.6. The lowest BCUT2D eigenvalue weighted by Crippen LogP contribution is -2.24. The Bertz CT molecular complexity index is 1210. The molecule has 0 atom stereocenters. The fourth-order valence-corrected chi connectivity index (χ4v) is 4.82. The number of rotatable bonds is 8. The number of anilines is 1. The highest BCUT2D eigenvalue weighted by atomic mass is 32.2. The molecule has 1 aromatic carbocycles. The van der Waals surface area contributed by atoms with Gasteiger partial charge in [-0.1, -0.05) is 28.6 Å². The first kappa shape index (κ1) is 21.0. The standard InChI is InChI=1S/C19H16FN5O4S2/c20-15-10-23-19(30-15)24-18(26)17(25-29-11-16-21-8-1-9-22-16)12-2-4-13(5-3-12)31(27,28)14-6-7-14/h1-5,8-10,14H,6-7,11H2,(H,23,24,26)/b25-17+. The number of hydrogen-bond acceptors (Lipinski definition) is 9. The van der Waals surface area contributed by atoms with E-state index in [1.165, 1.54) is 24.3 Å². The summed E-state index contributed by atoms with van der Waals surface area (Å²) >= 11 is 0.660. The average Bonchev–Trinajstić information content (AvgIpc) is 3.56. The topological polar surface area (TPSA) is 124 Å². The van der Waals surface area contributed by atoms with Gasteiger partial charge < -0.3 is 4.84 Å². The van der Waals surface area contributed by atoms with Gasteiger partial charge in [0.25, 0.3) is 5.91 Å². The van der Waals surface area contributed by atoms with Crippen molar-refractivity contribution in [2.75, 3.05) is 5.32 Å². The van der Waals surface area contributed by atoms with Crippen LogP contribution in [0.1, 0.15) is 24.2 Å². The number of thiazole rings is 1. The van der Waals surface area contributed by atoms with Crippen molar-refractivity contribution in [3.63, 3.8) is 0 Å². The van der Waals surface area contributed by atoms with Gasteiger partial charge in [0.2, 0.25) is 0 Å². The fraction of sp³-hybridized carbons (Fsp3) is 0.211. The first-order chi connectivity index (χ1) is 14.9. The second-order valence-electron chi connectivity index (χ2n) is 6.57. The van der Waals surface area contributed by atoms with Crippen molar-refractivity contribution in [2.45, 2.75) is 29.6 Å². The van der Waals surface area contributed by atoms with Crippen molar-refractivity contribution in [2.24, 2.45) is 5.16 Å². The van der Waals surface area contributed by atoms with Gasteiger partial charge in [-0.3, -0.25) is 10.1 Å². The molecule has 2 heterocycles. The van der Waals surface area contributed by atoms with E-state index < -0.39 is 20.9 Å². The summed E-state index contributed by atoms with van der Waals surface area (Å²) < 4.78 is 38.0. The summed E-state index contributed by atoms with van der Waals surface area (Å²) in [5, 5.41) is 5.49.